The Kier molecular flexibility index (Phi) is 4.31. The normalized spacial score (nSPS) is 14.5. The third-order valence-electron chi connectivity index (χ3n) is 2.97. The number of likely N-dealkylation sites (N-methyl/N-ethyl adjacent to an activating group) is 1. The predicted octanol–water partition coefficient (Wildman–Crippen LogP) is 3.92. The maximum Gasteiger partial charge on any atom is 0.148 e. The quantitative estimate of drug-likeness (QED) is 0.777. The lowest BCUT2D eigenvalue weighted by Crippen LogP contribution is -2.19. The first-order chi connectivity index (χ1) is 9.56. The van der Waals surface area contributed by atoms with Crippen LogP contribution >= 0.6 is 15.9 Å². The lowest BCUT2D eigenvalue weighted by molar-refractivity contribution is 0.365. The number of ether oxygens (including phenoxy) is 1. The molecule has 1 aliphatic heterocycles. The second kappa shape index (κ2) is 5.98. The molecule has 0 unspecified atom stereocenters. The predicted molar refractivity (Wildman–Crippen MR) is 82.6 cm³/mol. The second-order valence-electron chi connectivity index (χ2n) is 4.18. The molecule has 4 heteroatoms. The van der Waals surface area contributed by atoms with Crippen LogP contribution < -0.4 is 4.74 Å². The zero-order valence-electron chi connectivity index (χ0n) is 11.0. The van der Waals surface area contributed by atoms with Crippen LogP contribution in [0.2, 0.25) is 0 Å². The van der Waals surface area contributed by atoms with Crippen LogP contribution in [-0.2, 0) is 0 Å². The number of hydrogen-bond acceptors (Lipinski definition) is 2. The summed E-state index contributed by atoms with van der Waals surface area (Å²) in [6.45, 7) is 4.04. The van der Waals surface area contributed by atoms with Crippen molar-refractivity contribution in [3.63, 3.8) is 0 Å². The largest absolute Gasteiger partial charge is 0.480 e. The Bertz CT molecular complexity index is 655. The fourth-order valence-corrected chi connectivity index (χ4v) is 2.31. The number of rotatable bonds is 3. The molecule has 0 radical (unpaired) electrons. The van der Waals surface area contributed by atoms with Gasteiger partial charge >= 0.3 is 0 Å². The highest BCUT2D eigenvalue weighted by Gasteiger charge is 2.22. The van der Waals surface area contributed by atoms with Crippen LogP contribution in [0.3, 0.4) is 0 Å². The maximum atomic E-state index is 14.2. The molecule has 20 heavy (non-hydrogen) atoms. The molecule has 0 aromatic heterocycles. The molecule has 1 aromatic carbocycles. The summed E-state index contributed by atoms with van der Waals surface area (Å²) in [6.07, 6.45) is 8.82. The summed E-state index contributed by atoms with van der Waals surface area (Å²) in [5.41, 5.74) is 1.79. The van der Waals surface area contributed by atoms with Crippen molar-refractivity contribution in [2.45, 2.75) is 0 Å². The summed E-state index contributed by atoms with van der Waals surface area (Å²) in [6, 6.07) is 4.68. The van der Waals surface area contributed by atoms with E-state index in [1.165, 1.54) is 6.07 Å². The van der Waals surface area contributed by atoms with E-state index in [9.17, 15) is 4.39 Å². The summed E-state index contributed by atoms with van der Waals surface area (Å²) in [4.78, 5) is 1.80. The first kappa shape index (κ1) is 14.4. The zero-order valence-corrected chi connectivity index (χ0v) is 12.6. The van der Waals surface area contributed by atoms with E-state index in [-0.39, 0.29) is 12.4 Å². The molecule has 0 aliphatic carbocycles. The number of halogens is 2. The second-order valence-corrected chi connectivity index (χ2v) is 5.03. The van der Waals surface area contributed by atoms with Crippen LogP contribution in [0.4, 0.5) is 4.39 Å². The summed E-state index contributed by atoms with van der Waals surface area (Å²) in [7, 11) is 1.82. The van der Waals surface area contributed by atoms with E-state index in [4.69, 9.17) is 11.2 Å². The van der Waals surface area contributed by atoms with Crippen molar-refractivity contribution in [1.82, 2.24) is 4.90 Å². The number of hydrogen-bond donors (Lipinski definition) is 0. The summed E-state index contributed by atoms with van der Waals surface area (Å²) in [5.74, 6) is 2.43. The molecule has 0 bridgehead atoms. The van der Waals surface area contributed by atoms with Gasteiger partial charge in [0.15, 0.2) is 0 Å². The molecule has 102 valence electrons. The number of allylic oxidation sites excluding steroid dienone is 3. The summed E-state index contributed by atoms with van der Waals surface area (Å²) >= 11 is 3.40. The minimum atomic E-state index is -0.364. The van der Waals surface area contributed by atoms with Gasteiger partial charge in [0.05, 0.1) is 11.3 Å². The van der Waals surface area contributed by atoms with Crippen molar-refractivity contribution in [3.05, 3.63) is 58.5 Å². The minimum Gasteiger partial charge on any atom is -0.480 e. The standard InChI is InChI=1S/C16H13BrFNO/c1-4-10-20-15-7-5-6-13(18)16(15)14-9-8-12(17)11(2)19(14)3/h1,5-9H,2,10H2,3H3. The molecule has 0 saturated heterocycles. The van der Waals surface area contributed by atoms with Crippen LogP contribution in [0.5, 0.6) is 5.75 Å². The van der Waals surface area contributed by atoms with E-state index in [0.717, 1.165) is 10.2 Å². The molecule has 1 aliphatic rings. The zero-order chi connectivity index (χ0) is 14.7. The smallest absolute Gasteiger partial charge is 0.148 e. The number of terminal acetylenes is 1. The molecule has 2 nitrogen and oxygen atoms in total. The number of benzene rings is 1. The van der Waals surface area contributed by atoms with Gasteiger partial charge in [-0.3, -0.25) is 0 Å². The summed E-state index contributed by atoms with van der Waals surface area (Å²) in [5, 5.41) is 0. The molecule has 0 N–H and O–H groups in total. The van der Waals surface area contributed by atoms with E-state index >= 15 is 0 Å². The molecule has 2 rings (SSSR count). The van der Waals surface area contributed by atoms with Gasteiger partial charge in [-0.2, -0.15) is 0 Å². The van der Waals surface area contributed by atoms with Crippen LogP contribution in [0.25, 0.3) is 5.70 Å². The minimum absolute atomic E-state index is 0.0912. The average Bonchev–Trinajstić information content (AvgIpc) is 2.44. The van der Waals surface area contributed by atoms with Gasteiger partial charge in [-0.1, -0.05) is 18.6 Å². The lowest BCUT2D eigenvalue weighted by Gasteiger charge is -2.28. The topological polar surface area (TPSA) is 12.5 Å². The highest BCUT2D eigenvalue weighted by atomic mass is 79.9. The van der Waals surface area contributed by atoms with Crippen molar-refractivity contribution in [1.29, 1.82) is 0 Å². The Balaban J connectivity index is 2.52. The van der Waals surface area contributed by atoms with Gasteiger partial charge in [0, 0.05) is 17.2 Å². The molecular formula is C16H13BrFNO. The third-order valence-corrected chi connectivity index (χ3v) is 3.69. The monoisotopic (exact) mass is 333 g/mol. The first-order valence-corrected chi connectivity index (χ1v) is 6.71. The highest BCUT2D eigenvalue weighted by molar-refractivity contribution is 9.12. The van der Waals surface area contributed by atoms with Crippen LogP contribution in [0.15, 0.2) is 47.1 Å². The highest BCUT2D eigenvalue weighted by Crippen LogP contribution is 2.37. The summed E-state index contributed by atoms with van der Waals surface area (Å²) < 4.78 is 20.5. The molecule has 0 fully saturated rings. The fraction of sp³-hybridized carbons (Fsp3) is 0.125. The molecule has 0 saturated carbocycles. The number of nitrogens with zero attached hydrogens (tertiary/aromatic N) is 1. The molecule has 0 atom stereocenters. The van der Waals surface area contributed by atoms with Crippen molar-refractivity contribution in [2.75, 3.05) is 13.7 Å². The van der Waals surface area contributed by atoms with Gasteiger partial charge < -0.3 is 9.64 Å². The van der Waals surface area contributed by atoms with Crippen molar-refractivity contribution in [3.8, 4) is 18.1 Å². The van der Waals surface area contributed by atoms with E-state index in [1.807, 2.05) is 13.1 Å². The van der Waals surface area contributed by atoms with E-state index in [1.54, 1.807) is 23.1 Å². The van der Waals surface area contributed by atoms with E-state index < -0.39 is 0 Å². The SMILES string of the molecule is C#CCOc1cccc(F)c1C1=CC=C(Br)C(=C)N1C. The molecule has 0 spiro atoms. The van der Waals surface area contributed by atoms with Gasteiger partial charge in [0.25, 0.3) is 0 Å². The van der Waals surface area contributed by atoms with Crippen molar-refractivity contribution < 1.29 is 9.13 Å². The molecular weight excluding hydrogens is 321 g/mol. The Hall–Kier alpha value is -1.99. The van der Waals surface area contributed by atoms with Crippen LogP contribution in [-0.4, -0.2) is 18.6 Å². The van der Waals surface area contributed by atoms with Gasteiger partial charge in [-0.25, -0.2) is 4.39 Å². The Morgan fingerprint density at radius 3 is 2.90 bits per heavy atom. The van der Waals surface area contributed by atoms with Gasteiger partial charge in [-0.05, 0) is 40.2 Å². The van der Waals surface area contributed by atoms with Gasteiger partial charge in [0.1, 0.15) is 18.2 Å². The average molecular weight is 334 g/mol. The Morgan fingerprint density at radius 1 is 1.45 bits per heavy atom. The lowest BCUT2D eigenvalue weighted by atomic mass is 10.1. The fourth-order valence-electron chi connectivity index (χ4n) is 1.91. The molecule has 1 aromatic rings. The van der Waals surface area contributed by atoms with E-state index in [2.05, 4.69) is 28.4 Å². The van der Waals surface area contributed by atoms with Crippen LogP contribution in [0, 0.1) is 18.2 Å². The molecule has 0 amide bonds. The Morgan fingerprint density at radius 2 is 2.20 bits per heavy atom. The van der Waals surface area contributed by atoms with Gasteiger partial charge in [-0.15, -0.1) is 6.42 Å². The van der Waals surface area contributed by atoms with Crippen molar-refractivity contribution in [2.24, 2.45) is 0 Å². The first-order valence-electron chi connectivity index (χ1n) is 5.92. The van der Waals surface area contributed by atoms with Gasteiger partial charge in [0.2, 0.25) is 0 Å². The van der Waals surface area contributed by atoms with Crippen LogP contribution in [0.1, 0.15) is 5.56 Å². The van der Waals surface area contributed by atoms with Crippen molar-refractivity contribution >= 4 is 21.6 Å². The third kappa shape index (κ3) is 2.63. The molecule has 1 heterocycles. The Labute approximate surface area is 126 Å². The van der Waals surface area contributed by atoms with E-state index in [0.29, 0.717) is 17.0 Å². The maximum absolute atomic E-state index is 14.2.